The number of ether oxygens (including phenoxy) is 1. The summed E-state index contributed by atoms with van der Waals surface area (Å²) in [7, 11) is 0. The van der Waals surface area contributed by atoms with Crippen molar-refractivity contribution in [2.45, 2.75) is 431 Å². The van der Waals surface area contributed by atoms with Crippen LogP contribution in [0.25, 0.3) is 0 Å². The monoisotopic (exact) mass is 1170 g/mol. The van der Waals surface area contributed by atoms with Gasteiger partial charge in [0.1, 0.15) is 0 Å². The first-order valence-electron chi connectivity index (χ1n) is 37.7. The van der Waals surface area contributed by atoms with Crippen molar-refractivity contribution in [1.29, 1.82) is 0 Å². The van der Waals surface area contributed by atoms with E-state index in [4.69, 9.17) is 4.74 Å². The average Bonchev–Trinajstić information content (AvgIpc) is 3.49. The van der Waals surface area contributed by atoms with Crippen molar-refractivity contribution < 1.29 is 24.5 Å². The summed E-state index contributed by atoms with van der Waals surface area (Å²) in [4.78, 5) is 24.6. The molecule has 0 rings (SSSR count). The van der Waals surface area contributed by atoms with E-state index < -0.39 is 12.1 Å². The molecule has 2 unspecified atom stereocenters. The predicted octanol–water partition coefficient (Wildman–Crippen LogP) is 24.7. The lowest BCUT2D eigenvalue weighted by atomic mass is 10.0. The number of amides is 1. The molecule has 6 nitrogen and oxygen atoms in total. The summed E-state index contributed by atoms with van der Waals surface area (Å²) in [6, 6.07) is -0.541. The van der Waals surface area contributed by atoms with E-state index in [2.05, 4.69) is 55.6 Å². The minimum Gasteiger partial charge on any atom is -0.466 e. The largest absolute Gasteiger partial charge is 0.466 e. The molecule has 0 saturated heterocycles. The van der Waals surface area contributed by atoms with E-state index >= 15 is 0 Å². The average molecular weight is 1170 g/mol. The van der Waals surface area contributed by atoms with Crippen LogP contribution in [0.5, 0.6) is 0 Å². The van der Waals surface area contributed by atoms with Crippen molar-refractivity contribution in [3.8, 4) is 0 Å². The first-order valence-corrected chi connectivity index (χ1v) is 37.7. The topological polar surface area (TPSA) is 95.9 Å². The van der Waals surface area contributed by atoms with E-state index in [1.807, 2.05) is 0 Å². The lowest BCUT2D eigenvalue weighted by Gasteiger charge is -2.22. The molecule has 0 heterocycles. The molecule has 0 aliphatic heterocycles. The van der Waals surface area contributed by atoms with Gasteiger partial charge in [-0.2, -0.15) is 0 Å². The number of esters is 1. The molecule has 83 heavy (non-hydrogen) atoms. The molecule has 0 fully saturated rings. The van der Waals surface area contributed by atoms with Crippen LogP contribution in [0.3, 0.4) is 0 Å². The standard InChI is InChI=1S/C77H147NO5/c1-3-5-7-9-11-13-15-17-19-21-38-41-45-49-53-57-61-65-69-75(80)74(73-79)78-76(81)70-66-62-58-54-50-46-42-39-35-33-31-29-27-25-23-22-24-26-28-30-32-34-36-40-44-48-52-56-60-64-68-72-83-77(82)71-67-63-59-55-51-47-43-37-20-18-16-14-12-10-8-6-4-2/h12,14,18,20,24,26,74-75,79-80H,3-11,13,15-17,19,21-23,25,27-73H2,1-2H3,(H,78,81)/b14-12-,20-18-,26-24-. The molecule has 3 N–H and O–H groups in total. The highest BCUT2D eigenvalue weighted by Crippen LogP contribution is 2.19. The van der Waals surface area contributed by atoms with Gasteiger partial charge in [0.25, 0.3) is 0 Å². The Labute approximate surface area is 519 Å². The molecule has 0 aliphatic rings. The van der Waals surface area contributed by atoms with E-state index in [9.17, 15) is 19.8 Å². The highest BCUT2D eigenvalue weighted by molar-refractivity contribution is 5.76. The van der Waals surface area contributed by atoms with Crippen LogP contribution in [-0.2, 0) is 14.3 Å². The SMILES string of the molecule is CCCCC/C=C\C/C=C\CCCCCCCCCC(=O)OCCCCCCCCCCCCCC/C=C\CCCCCCCCCCCCCCCCCC(=O)NC(CO)C(O)CCCCCCCCCCCCCCCCCCCC. The van der Waals surface area contributed by atoms with Gasteiger partial charge in [-0.05, 0) is 83.5 Å². The highest BCUT2D eigenvalue weighted by Gasteiger charge is 2.20. The van der Waals surface area contributed by atoms with Crippen molar-refractivity contribution in [2.24, 2.45) is 0 Å². The molecule has 2 atom stereocenters. The number of nitrogens with one attached hydrogen (secondary N) is 1. The Balaban J connectivity index is 3.36. The lowest BCUT2D eigenvalue weighted by Crippen LogP contribution is -2.45. The second-order valence-corrected chi connectivity index (χ2v) is 26.0. The smallest absolute Gasteiger partial charge is 0.305 e. The van der Waals surface area contributed by atoms with Crippen LogP contribution in [0.4, 0.5) is 0 Å². The van der Waals surface area contributed by atoms with Crippen LogP contribution in [-0.4, -0.2) is 47.4 Å². The van der Waals surface area contributed by atoms with Crippen LogP contribution < -0.4 is 5.32 Å². The van der Waals surface area contributed by atoms with Crippen LogP contribution in [0.15, 0.2) is 36.5 Å². The van der Waals surface area contributed by atoms with Gasteiger partial charge in [0.05, 0.1) is 25.4 Å². The summed E-state index contributed by atoms with van der Waals surface area (Å²) in [6.45, 7) is 4.96. The number of hydrogen-bond donors (Lipinski definition) is 3. The Kier molecular flexibility index (Phi) is 70.9. The molecule has 1 amide bonds. The molecule has 0 aromatic rings. The Hall–Kier alpha value is -1.92. The quantitative estimate of drug-likeness (QED) is 0.0320. The molecule has 0 aliphatic carbocycles. The van der Waals surface area contributed by atoms with Gasteiger partial charge in [-0.25, -0.2) is 0 Å². The molecule has 0 spiro atoms. The van der Waals surface area contributed by atoms with Crippen LogP contribution in [0.2, 0.25) is 0 Å². The van der Waals surface area contributed by atoms with E-state index in [1.54, 1.807) is 0 Å². The first-order chi connectivity index (χ1) is 41.0. The molecule has 490 valence electrons. The number of allylic oxidation sites excluding steroid dienone is 6. The van der Waals surface area contributed by atoms with Gasteiger partial charge in [-0.1, -0.05) is 359 Å². The van der Waals surface area contributed by atoms with Gasteiger partial charge < -0.3 is 20.3 Å². The van der Waals surface area contributed by atoms with Crippen LogP contribution in [0.1, 0.15) is 418 Å². The number of aliphatic hydroxyl groups is 2. The van der Waals surface area contributed by atoms with Crippen LogP contribution in [0, 0.1) is 0 Å². The third-order valence-electron chi connectivity index (χ3n) is 17.7. The minimum absolute atomic E-state index is 0.0105. The predicted molar refractivity (Wildman–Crippen MR) is 366 cm³/mol. The highest BCUT2D eigenvalue weighted by atomic mass is 16.5. The maximum absolute atomic E-state index is 12.5. The first kappa shape index (κ1) is 81.1. The number of hydrogen-bond acceptors (Lipinski definition) is 5. The fourth-order valence-electron chi connectivity index (χ4n) is 11.9. The zero-order valence-corrected chi connectivity index (χ0v) is 56.2. The van der Waals surface area contributed by atoms with Crippen molar-refractivity contribution in [1.82, 2.24) is 5.32 Å². The van der Waals surface area contributed by atoms with Gasteiger partial charge in [0.15, 0.2) is 0 Å². The van der Waals surface area contributed by atoms with Crippen molar-refractivity contribution in [3.05, 3.63) is 36.5 Å². The Morgan fingerprint density at radius 3 is 0.952 bits per heavy atom. The Bertz CT molecular complexity index is 1340. The van der Waals surface area contributed by atoms with E-state index in [0.717, 1.165) is 51.4 Å². The van der Waals surface area contributed by atoms with Gasteiger partial charge in [-0.3, -0.25) is 9.59 Å². The fourth-order valence-corrected chi connectivity index (χ4v) is 11.9. The number of carbonyl (C=O) groups is 2. The van der Waals surface area contributed by atoms with E-state index in [1.165, 1.54) is 334 Å². The van der Waals surface area contributed by atoms with Gasteiger partial charge in [-0.15, -0.1) is 0 Å². The van der Waals surface area contributed by atoms with Gasteiger partial charge in [0, 0.05) is 12.8 Å². The second-order valence-electron chi connectivity index (χ2n) is 26.0. The second kappa shape index (κ2) is 72.6. The Morgan fingerprint density at radius 2 is 0.602 bits per heavy atom. The van der Waals surface area contributed by atoms with Crippen molar-refractivity contribution >= 4 is 11.9 Å². The number of unbranched alkanes of at least 4 members (excludes halogenated alkanes) is 54. The van der Waals surface area contributed by atoms with Gasteiger partial charge in [0.2, 0.25) is 5.91 Å². The number of carbonyl (C=O) groups excluding carboxylic acids is 2. The summed E-state index contributed by atoms with van der Waals surface area (Å²) in [5.41, 5.74) is 0. The maximum atomic E-state index is 12.5. The van der Waals surface area contributed by atoms with Gasteiger partial charge >= 0.3 is 5.97 Å². The summed E-state index contributed by atoms with van der Waals surface area (Å²) in [5.74, 6) is -0.0185. The van der Waals surface area contributed by atoms with Crippen LogP contribution >= 0.6 is 0 Å². The number of rotatable bonds is 71. The molecular weight excluding hydrogens is 1020 g/mol. The minimum atomic E-state index is -0.663. The molecule has 0 bridgehead atoms. The third kappa shape index (κ3) is 69.1. The zero-order chi connectivity index (χ0) is 59.9. The summed E-state index contributed by atoms with van der Waals surface area (Å²) >= 11 is 0. The van der Waals surface area contributed by atoms with E-state index in [-0.39, 0.29) is 18.5 Å². The third-order valence-corrected chi connectivity index (χ3v) is 17.7. The molecular formula is C77H147NO5. The summed E-state index contributed by atoms with van der Waals surface area (Å²) in [6.07, 6.45) is 93.6. The lowest BCUT2D eigenvalue weighted by molar-refractivity contribution is -0.143. The Morgan fingerprint density at radius 1 is 0.337 bits per heavy atom. The molecule has 0 aromatic carbocycles. The summed E-state index contributed by atoms with van der Waals surface area (Å²) < 4.78 is 5.50. The zero-order valence-electron chi connectivity index (χ0n) is 56.2. The molecule has 0 saturated carbocycles. The molecule has 6 heteroatoms. The van der Waals surface area contributed by atoms with E-state index in [0.29, 0.717) is 25.9 Å². The van der Waals surface area contributed by atoms with Crippen molar-refractivity contribution in [2.75, 3.05) is 13.2 Å². The molecule has 0 aromatic heterocycles. The molecule has 0 radical (unpaired) electrons. The maximum Gasteiger partial charge on any atom is 0.305 e. The normalized spacial score (nSPS) is 12.7. The fraction of sp³-hybridized carbons (Fsp3) is 0.896. The number of aliphatic hydroxyl groups excluding tert-OH is 2. The van der Waals surface area contributed by atoms with Crippen molar-refractivity contribution in [3.63, 3.8) is 0 Å². The summed E-state index contributed by atoms with van der Waals surface area (Å²) in [5, 5.41) is 23.4.